The van der Waals surface area contributed by atoms with E-state index in [0.717, 1.165) is 49.7 Å². The number of piperazine rings is 1. The fourth-order valence-electron chi connectivity index (χ4n) is 3.43. The number of hydrogen-bond donors (Lipinski definition) is 1. The Hall–Kier alpha value is -1.69. The van der Waals surface area contributed by atoms with Crippen molar-refractivity contribution in [3.05, 3.63) is 54.1 Å². The SMILES string of the molecule is [O-][S+]1CNc2ccc(CCN3CCN(c4ccccc4)CC3)cc21. The van der Waals surface area contributed by atoms with E-state index in [0.29, 0.717) is 5.88 Å². The molecular weight excluding hydrogens is 318 g/mol. The molecule has 0 saturated carbocycles. The number of nitrogens with zero attached hydrogens (tertiary/aromatic N) is 2. The lowest BCUT2D eigenvalue weighted by Gasteiger charge is -2.36. The molecule has 4 rings (SSSR count). The van der Waals surface area contributed by atoms with Crippen LogP contribution in [-0.4, -0.2) is 48.1 Å². The lowest BCUT2D eigenvalue weighted by molar-refractivity contribution is 0.261. The molecular formula is C19H23N3OS. The van der Waals surface area contributed by atoms with Gasteiger partial charge in [0.2, 0.25) is 0 Å². The Morgan fingerprint density at radius 1 is 1.00 bits per heavy atom. The summed E-state index contributed by atoms with van der Waals surface area (Å²) in [5, 5.41) is 3.19. The number of para-hydroxylation sites is 1. The minimum Gasteiger partial charge on any atom is -0.610 e. The van der Waals surface area contributed by atoms with Gasteiger partial charge in [0.15, 0.2) is 10.8 Å². The quantitative estimate of drug-likeness (QED) is 0.868. The van der Waals surface area contributed by atoms with Crippen LogP contribution in [0.1, 0.15) is 5.56 Å². The molecule has 0 amide bonds. The molecule has 1 saturated heterocycles. The van der Waals surface area contributed by atoms with Crippen LogP contribution < -0.4 is 10.2 Å². The largest absolute Gasteiger partial charge is 0.610 e. The molecule has 2 aliphatic rings. The molecule has 2 aliphatic heterocycles. The zero-order valence-electron chi connectivity index (χ0n) is 13.8. The number of hydrogen-bond acceptors (Lipinski definition) is 4. The summed E-state index contributed by atoms with van der Waals surface area (Å²) in [6.07, 6.45) is 1.02. The van der Waals surface area contributed by atoms with E-state index in [9.17, 15) is 4.55 Å². The molecule has 0 radical (unpaired) electrons. The van der Waals surface area contributed by atoms with Crippen molar-refractivity contribution in [2.24, 2.45) is 0 Å². The molecule has 1 unspecified atom stereocenters. The first kappa shape index (κ1) is 15.8. The van der Waals surface area contributed by atoms with E-state index >= 15 is 0 Å². The highest BCUT2D eigenvalue weighted by molar-refractivity contribution is 7.92. The highest BCUT2D eigenvalue weighted by atomic mass is 32.2. The Labute approximate surface area is 146 Å². The van der Waals surface area contributed by atoms with E-state index in [4.69, 9.17) is 0 Å². The summed E-state index contributed by atoms with van der Waals surface area (Å²) >= 11 is -0.874. The van der Waals surface area contributed by atoms with E-state index in [2.05, 4.69) is 63.6 Å². The zero-order chi connectivity index (χ0) is 16.4. The highest BCUT2D eigenvalue weighted by Crippen LogP contribution is 2.29. The Balaban J connectivity index is 1.30. The van der Waals surface area contributed by atoms with Crippen molar-refractivity contribution in [3.8, 4) is 0 Å². The number of fused-ring (bicyclic) bond motifs is 1. The van der Waals surface area contributed by atoms with E-state index < -0.39 is 11.2 Å². The lowest BCUT2D eigenvalue weighted by atomic mass is 10.1. The van der Waals surface area contributed by atoms with Crippen molar-refractivity contribution in [3.63, 3.8) is 0 Å². The fourth-order valence-corrected chi connectivity index (χ4v) is 4.54. The number of benzene rings is 2. The molecule has 1 fully saturated rings. The Kier molecular flexibility index (Phi) is 4.65. The molecule has 1 N–H and O–H groups in total. The summed E-state index contributed by atoms with van der Waals surface area (Å²) in [7, 11) is 0. The van der Waals surface area contributed by atoms with Crippen molar-refractivity contribution >= 4 is 22.6 Å². The van der Waals surface area contributed by atoms with Crippen LogP contribution in [0.25, 0.3) is 0 Å². The summed E-state index contributed by atoms with van der Waals surface area (Å²) < 4.78 is 11.9. The van der Waals surface area contributed by atoms with Gasteiger partial charge >= 0.3 is 0 Å². The van der Waals surface area contributed by atoms with Gasteiger partial charge in [-0.3, -0.25) is 4.90 Å². The molecule has 0 spiro atoms. The minimum absolute atomic E-state index is 0.556. The molecule has 126 valence electrons. The third-order valence-electron chi connectivity index (χ3n) is 4.90. The molecule has 24 heavy (non-hydrogen) atoms. The van der Waals surface area contributed by atoms with Gasteiger partial charge in [-0.05, 0) is 36.2 Å². The van der Waals surface area contributed by atoms with Crippen molar-refractivity contribution in [2.75, 3.05) is 48.8 Å². The summed E-state index contributed by atoms with van der Waals surface area (Å²) in [5.74, 6) is 0.556. The highest BCUT2D eigenvalue weighted by Gasteiger charge is 2.24. The monoisotopic (exact) mass is 341 g/mol. The molecule has 0 aromatic heterocycles. The zero-order valence-corrected chi connectivity index (χ0v) is 14.6. The van der Waals surface area contributed by atoms with Crippen LogP contribution >= 0.6 is 0 Å². The number of rotatable bonds is 4. The average Bonchev–Trinajstić information content (AvgIpc) is 3.02. The predicted molar refractivity (Wildman–Crippen MR) is 100 cm³/mol. The van der Waals surface area contributed by atoms with E-state index in [-0.39, 0.29) is 0 Å². The van der Waals surface area contributed by atoms with Crippen molar-refractivity contribution in [1.82, 2.24) is 4.90 Å². The normalized spacial score (nSPS) is 20.7. The van der Waals surface area contributed by atoms with Crippen LogP contribution in [0, 0.1) is 0 Å². The third-order valence-corrected chi connectivity index (χ3v) is 6.13. The lowest BCUT2D eigenvalue weighted by Crippen LogP contribution is -2.46. The first-order chi connectivity index (χ1) is 11.8. The van der Waals surface area contributed by atoms with Gasteiger partial charge in [-0.25, -0.2) is 0 Å². The Bertz CT molecular complexity index is 686. The van der Waals surface area contributed by atoms with E-state index in [1.54, 1.807) is 0 Å². The summed E-state index contributed by atoms with van der Waals surface area (Å²) in [6.45, 7) is 5.45. The van der Waals surface area contributed by atoms with Gasteiger partial charge < -0.3 is 14.8 Å². The van der Waals surface area contributed by atoms with Gasteiger partial charge in [-0.2, -0.15) is 0 Å². The molecule has 5 heteroatoms. The summed E-state index contributed by atoms with van der Waals surface area (Å²) in [6, 6.07) is 17.0. The second-order valence-electron chi connectivity index (χ2n) is 6.41. The Morgan fingerprint density at radius 2 is 1.79 bits per heavy atom. The maximum Gasteiger partial charge on any atom is 0.181 e. The summed E-state index contributed by atoms with van der Waals surface area (Å²) in [5.41, 5.74) is 3.65. The fraction of sp³-hybridized carbons (Fsp3) is 0.368. The number of anilines is 2. The molecule has 0 bridgehead atoms. The standard InChI is InChI=1S/C19H23N3OS/c23-24-15-20-18-7-6-16(14-19(18)24)8-9-21-10-12-22(13-11-21)17-4-2-1-3-5-17/h1-7,14,20H,8-13,15H2. The van der Waals surface area contributed by atoms with Crippen LogP contribution in [0.3, 0.4) is 0 Å². The van der Waals surface area contributed by atoms with Gasteiger partial charge in [0.05, 0.1) is 5.69 Å². The molecule has 2 heterocycles. The minimum atomic E-state index is -0.874. The van der Waals surface area contributed by atoms with Crippen LogP contribution in [0.5, 0.6) is 0 Å². The molecule has 2 aromatic rings. The maximum absolute atomic E-state index is 11.9. The summed E-state index contributed by atoms with van der Waals surface area (Å²) in [4.78, 5) is 5.96. The van der Waals surface area contributed by atoms with Gasteiger partial charge in [0.1, 0.15) is 0 Å². The van der Waals surface area contributed by atoms with Crippen LogP contribution in [-0.2, 0) is 17.6 Å². The number of nitrogens with one attached hydrogen (secondary N) is 1. The van der Waals surface area contributed by atoms with E-state index in [1.165, 1.54) is 11.3 Å². The first-order valence-electron chi connectivity index (χ1n) is 8.57. The van der Waals surface area contributed by atoms with Gasteiger partial charge in [-0.15, -0.1) is 0 Å². The van der Waals surface area contributed by atoms with Crippen LogP contribution in [0.2, 0.25) is 0 Å². The average molecular weight is 341 g/mol. The Morgan fingerprint density at radius 3 is 2.58 bits per heavy atom. The van der Waals surface area contributed by atoms with Gasteiger partial charge in [0, 0.05) is 49.6 Å². The van der Waals surface area contributed by atoms with Crippen molar-refractivity contribution in [2.45, 2.75) is 11.3 Å². The second kappa shape index (κ2) is 7.05. The molecule has 2 aromatic carbocycles. The smallest absolute Gasteiger partial charge is 0.181 e. The maximum atomic E-state index is 11.9. The van der Waals surface area contributed by atoms with Crippen molar-refractivity contribution in [1.29, 1.82) is 0 Å². The van der Waals surface area contributed by atoms with Crippen molar-refractivity contribution < 1.29 is 4.55 Å². The van der Waals surface area contributed by atoms with Gasteiger partial charge in [-0.1, -0.05) is 24.3 Å². The second-order valence-corrected chi connectivity index (χ2v) is 7.83. The van der Waals surface area contributed by atoms with E-state index in [1.807, 2.05) is 0 Å². The van der Waals surface area contributed by atoms with Gasteiger partial charge in [0.25, 0.3) is 0 Å². The molecule has 1 atom stereocenters. The molecule has 0 aliphatic carbocycles. The van der Waals surface area contributed by atoms with Crippen LogP contribution in [0.15, 0.2) is 53.4 Å². The predicted octanol–water partition coefficient (Wildman–Crippen LogP) is 2.54. The first-order valence-corrected chi connectivity index (χ1v) is 9.89. The topological polar surface area (TPSA) is 41.6 Å². The molecule has 4 nitrogen and oxygen atoms in total. The third kappa shape index (κ3) is 3.38. The van der Waals surface area contributed by atoms with Crippen LogP contribution in [0.4, 0.5) is 11.4 Å².